The van der Waals surface area contributed by atoms with Gasteiger partial charge >= 0.3 is 5.92 Å². The Morgan fingerprint density at radius 1 is 0.935 bits per heavy atom. The van der Waals surface area contributed by atoms with Gasteiger partial charge in [-0.15, -0.1) is 0 Å². The van der Waals surface area contributed by atoms with Crippen molar-refractivity contribution in [1.29, 1.82) is 0 Å². The van der Waals surface area contributed by atoms with Crippen LogP contribution < -0.4 is 31.1 Å². The van der Waals surface area contributed by atoms with Gasteiger partial charge in [0, 0.05) is 69.5 Å². The van der Waals surface area contributed by atoms with E-state index < -0.39 is 35.7 Å². The topological polar surface area (TPSA) is 152 Å². The van der Waals surface area contributed by atoms with Crippen LogP contribution in [0.25, 0.3) is 21.8 Å². The third kappa shape index (κ3) is 7.50. The summed E-state index contributed by atoms with van der Waals surface area (Å²) in [5, 5.41) is 15.1. The van der Waals surface area contributed by atoms with Gasteiger partial charge in [0.15, 0.2) is 12.4 Å². The van der Waals surface area contributed by atoms with Gasteiger partial charge in [0.1, 0.15) is 10.7 Å². The Kier molecular flexibility index (Phi) is 10.1. The van der Waals surface area contributed by atoms with E-state index in [1.54, 1.807) is 25.2 Å². The van der Waals surface area contributed by atoms with Crippen molar-refractivity contribution in [3.63, 3.8) is 0 Å². The highest BCUT2D eigenvalue weighted by Crippen LogP contribution is 2.46. The second-order valence-electron chi connectivity index (χ2n) is 17.8. The molecule has 18 heteroatoms. The lowest BCUT2D eigenvalue weighted by Crippen LogP contribution is -2.50. The monoisotopic (exact) mass is 872 g/mol. The van der Waals surface area contributed by atoms with Crippen LogP contribution in [0.5, 0.6) is 5.75 Å². The number of carbonyl (C=O) groups excluding carboxylic acids is 2. The molecule has 5 aliphatic rings. The smallest absolute Gasteiger partial charge is 0.301 e. The molecule has 326 valence electrons. The van der Waals surface area contributed by atoms with Crippen molar-refractivity contribution in [1.82, 2.24) is 34.5 Å². The lowest BCUT2D eigenvalue weighted by molar-refractivity contribution is -0.134. The van der Waals surface area contributed by atoms with Crippen molar-refractivity contribution in [2.24, 2.45) is 20.0 Å². The average molecular weight is 873 g/mol. The van der Waals surface area contributed by atoms with Crippen LogP contribution in [0.3, 0.4) is 0 Å². The molecule has 1 saturated carbocycles. The number of hydrogen-bond donors (Lipinski definition) is 3. The number of halogens is 4. The number of imide groups is 1. The summed E-state index contributed by atoms with van der Waals surface area (Å²) >= 11 is 6.59. The van der Waals surface area contributed by atoms with E-state index in [2.05, 4.69) is 38.0 Å². The number of likely N-dealkylation sites (tertiary alicyclic amines) is 1. The number of aromatic nitrogens is 5. The molecule has 2 atom stereocenters. The van der Waals surface area contributed by atoms with Crippen molar-refractivity contribution >= 4 is 68.4 Å². The van der Waals surface area contributed by atoms with Crippen molar-refractivity contribution in [3.8, 4) is 5.75 Å². The first-order chi connectivity index (χ1) is 29.7. The number of hydrogen-bond acceptors (Lipinski definition) is 11. The molecule has 2 amide bonds. The molecule has 1 unspecified atom stereocenters. The molecular weight excluding hydrogens is 825 g/mol. The molecule has 2 aromatic carbocycles. The van der Waals surface area contributed by atoms with Gasteiger partial charge in [0.25, 0.3) is 5.56 Å². The number of benzene rings is 2. The van der Waals surface area contributed by atoms with Crippen LogP contribution in [0, 0.1) is 5.92 Å². The first kappa shape index (κ1) is 40.6. The number of alkyl halides is 3. The van der Waals surface area contributed by atoms with Gasteiger partial charge in [-0.3, -0.25) is 24.4 Å². The van der Waals surface area contributed by atoms with Crippen molar-refractivity contribution < 1.29 is 27.5 Å². The molecule has 5 aromatic rings. The zero-order valence-corrected chi connectivity index (χ0v) is 35.3. The Hall–Kier alpha value is -5.42. The minimum Gasteiger partial charge on any atom is -0.480 e. The van der Waals surface area contributed by atoms with Crippen molar-refractivity contribution in [2.45, 2.75) is 80.8 Å². The summed E-state index contributed by atoms with van der Waals surface area (Å²) in [6.07, 6.45) is 6.06. The molecule has 0 bridgehead atoms. The van der Waals surface area contributed by atoms with Crippen LogP contribution in [-0.2, 0) is 23.7 Å². The maximum absolute atomic E-state index is 16.5. The molecule has 4 aliphatic heterocycles. The largest absolute Gasteiger partial charge is 0.480 e. The van der Waals surface area contributed by atoms with Crippen LogP contribution in [-0.4, -0.2) is 98.0 Å². The Morgan fingerprint density at radius 3 is 2.45 bits per heavy atom. The van der Waals surface area contributed by atoms with E-state index in [1.165, 1.54) is 16.3 Å². The molecule has 3 N–H and O–H groups in total. The zero-order valence-electron chi connectivity index (χ0n) is 34.5. The number of fused-ring (bicyclic) bond motifs is 4. The number of aryl methyl sites for hydroxylation is 2. The van der Waals surface area contributed by atoms with Gasteiger partial charge in [-0.1, -0.05) is 23.7 Å². The highest BCUT2D eigenvalue weighted by Gasteiger charge is 2.51. The van der Waals surface area contributed by atoms with Crippen LogP contribution in [0.4, 0.5) is 36.3 Å². The molecule has 3 aromatic heterocycles. The number of amides is 2. The van der Waals surface area contributed by atoms with Crippen LogP contribution >= 0.6 is 11.6 Å². The normalized spacial score (nSPS) is 23.1. The fourth-order valence-corrected chi connectivity index (χ4v) is 10.0. The first-order valence-corrected chi connectivity index (χ1v) is 21.8. The van der Waals surface area contributed by atoms with Gasteiger partial charge in [-0.05, 0) is 86.9 Å². The zero-order chi connectivity index (χ0) is 43.1. The molecule has 0 radical (unpaired) electrons. The number of ether oxygens (including phenoxy) is 1. The third-order valence-corrected chi connectivity index (χ3v) is 13.9. The minimum atomic E-state index is -3.15. The quantitative estimate of drug-likeness (QED) is 0.146. The van der Waals surface area contributed by atoms with Crippen LogP contribution in [0.1, 0.15) is 74.5 Å². The molecule has 7 heterocycles. The van der Waals surface area contributed by atoms with Crippen molar-refractivity contribution in [2.75, 3.05) is 54.9 Å². The summed E-state index contributed by atoms with van der Waals surface area (Å²) < 4.78 is 55.5. The fraction of sp³-hybridized carbons (Fsp3) is 0.500. The molecular formula is C44H48ClF3N10O4. The van der Waals surface area contributed by atoms with Gasteiger partial charge in [0.05, 0.1) is 40.6 Å². The summed E-state index contributed by atoms with van der Waals surface area (Å²) in [5.74, 6) is -3.42. The highest BCUT2D eigenvalue weighted by molar-refractivity contribution is 6.33. The molecule has 3 saturated heterocycles. The number of carbonyl (C=O) groups is 2. The lowest BCUT2D eigenvalue weighted by Gasteiger charge is -2.41. The van der Waals surface area contributed by atoms with Gasteiger partial charge in [0.2, 0.25) is 23.5 Å². The summed E-state index contributed by atoms with van der Waals surface area (Å²) in [6, 6.07) is 10.4. The fourth-order valence-electron chi connectivity index (χ4n) is 9.88. The Labute approximate surface area is 360 Å². The molecule has 62 heavy (non-hydrogen) atoms. The average Bonchev–Trinajstić information content (AvgIpc) is 4.06. The Morgan fingerprint density at radius 2 is 1.71 bits per heavy atom. The second kappa shape index (κ2) is 15.4. The molecule has 0 spiro atoms. The molecule has 4 fully saturated rings. The Bertz CT molecular complexity index is 2670. The van der Waals surface area contributed by atoms with Crippen LogP contribution in [0.2, 0.25) is 5.02 Å². The summed E-state index contributed by atoms with van der Waals surface area (Å²) in [7, 11) is 3.46. The second-order valence-corrected chi connectivity index (χ2v) is 18.2. The maximum atomic E-state index is 16.5. The summed E-state index contributed by atoms with van der Waals surface area (Å²) in [5.41, 5.74) is 2.35. The standard InChI is InChI=1S/C44H48ClF3N10O4/c1-55-32-9-6-27(20-30(32)36-37(41(55)61)62-23-44(47,48)38(52-36)25-3-4-25)50-39-31(45)21-49-42(53-39)58-17-13-43(46,14-18-58)22-57-15-11-24(12-16-57)26-5-7-28-33(19-26)56(2)54-35(28)29-8-10-34(59)51-40(29)60/h5-7,9,19-21,24-25,29,38,52H,3-4,8,10-18,22-23H2,1-2H3,(H,49,50,53)(H,51,59,60)/t29?,38-/m0/s1. The van der Waals surface area contributed by atoms with E-state index in [9.17, 15) is 14.4 Å². The van der Waals surface area contributed by atoms with E-state index in [0.717, 1.165) is 36.8 Å². The van der Waals surface area contributed by atoms with E-state index in [-0.39, 0.29) is 34.2 Å². The minimum absolute atomic E-state index is 0.135. The highest BCUT2D eigenvalue weighted by atomic mass is 35.5. The number of nitrogens with one attached hydrogen (secondary N) is 3. The first-order valence-electron chi connectivity index (χ1n) is 21.4. The van der Waals surface area contributed by atoms with Crippen molar-refractivity contribution in [3.05, 3.63) is 69.2 Å². The van der Waals surface area contributed by atoms with E-state index in [1.807, 2.05) is 22.7 Å². The number of pyridine rings is 1. The van der Waals surface area contributed by atoms with E-state index in [0.29, 0.717) is 98.1 Å². The van der Waals surface area contributed by atoms with Crippen LogP contribution in [0.15, 0.2) is 47.4 Å². The maximum Gasteiger partial charge on any atom is 0.301 e. The number of piperidine rings is 3. The SMILES string of the molecule is Cn1nc(C2CCC(=O)NC2=O)c2ccc(C3CCN(CC4(F)CCN(c5ncc(Cl)c(Nc6ccc7c(c6)c6c(c(=O)n7C)OCC(F)(F)[C@H](C7CC7)N6)n5)CC4)CC3)cc21. The molecule has 1 aliphatic carbocycles. The predicted octanol–water partition coefficient (Wildman–Crippen LogP) is 6.54. The van der Waals surface area contributed by atoms with Gasteiger partial charge in [-0.25, -0.2) is 18.2 Å². The van der Waals surface area contributed by atoms with E-state index in [4.69, 9.17) is 26.4 Å². The molecule has 10 rings (SSSR count). The third-order valence-electron chi connectivity index (χ3n) is 13.6. The number of nitrogens with zero attached hydrogens (tertiary/aromatic N) is 7. The lowest BCUT2D eigenvalue weighted by atomic mass is 9.86. The van der Waals surface area contributed by atoms with Gasteiger partial charge in [-0.2, -0.15) is 10.1 Å². The van der Waals surface area contributed by atoms with E-state index >= 15 is 13.2 Å². The summed E-state index contributed by atoms with van der Waals surface area (Å²) in [4.78, 5) is 51.0. The number of rotatable bonds is 8. The summed E-state index contributed by atoms with van der Waals surface area (Å²) in [6.45, 7) is 1.89. The van der Waals surface area contributed by atoms with Gasteiger partial charge < -0.3 is 29.7 Å². The molecule has 14 nitrogen and oxygen atoms in total. The predicted molar refractivity (Wildman–Crippen MR) is 230 cm³/mol. The Balaban J connectivity index is 0.777. The number of anilines is 4.